The van der Waals surface area contributed by atoms with E-state index in [0.717, 1.165) is 4.47 Å². The molecule has 7 nitrogen and oxygen atoms in total. The molecule has 0 aliphatic heterocycles. The van der Waals surface area contributed by atoms with E-state index in [0.29, 0.717) is 41.7 Å². The lowest BCUT2D eigenvalue weighted by atomic mass is 10.2. The first kappa shape index (κ1) is 23.3. The molecule has 0 unspecified atom stereocenters. The number of benzene rings is 2. The Morgan fingerprint density at radius 2 is 1.70 bits per heavy atom. The Balaban J connectivity index is 1.92. The predicted molar refractivity (Wildman–Crippen MR) is 118 cm³/mol. The third-order valence-corrected chi connectivity index (χ3v) is 4.26. The maximum Gasteiger partial charge on any atom is 0.331 e. The number of rotatable bonds is 10. The zero-order valence-electron chi connectivity index (χ0n) is 17.1. The highest BCUT2D eigenvalue weighted by atomic mass is 79.9. The molecule has 2 rings (SSSR count). The maximum absolute atomic E-state index is 12.1. The molecule has 1 N–H and O–H groups in total. The fraction of sp³-hybridized carbons (Fsp3) is 0.273. The summed E-state index contributed by atoms with van der Waals surface area (Å²) in [7, 11) is 1.54. The molecular formula is C22H24BrNO6. The van der Waals surface area contributed by atoms with E-state index < -0.39 is 18.5 Å². The van der Waals surface area contributed by atoms with E-state index in [1.807, 2.05) is 19.9 Å². The molecule has 8 heteroatoms. The summed E-state index contributed by atoms with van der Waals surface area (Å²) in [6.45, 7) is 4.28. The molecule has 0 bridgehead atoms. The summed E-state index contributed by atoms with van der Waals surface area (Å²) < 4.78 is 22.1. The zero-order valence-corrected chi connectivity index (χ0v) is 18.7. The quantitative estimate of drug-likeness (QED) is 0.402. The fourth-order valence-corrected chi connectivity index (χ4v) is 2.88. The van der Waals surface area contributed by atoms with Crippen molar-refractivity contribution in [3.05, 3.63) is 52.5 Å². The van der Waals surface area contributed by atoms with E-state index in [2.05, 4.69) is 21.2 Å². The second kappa shape index (κ2) is 11.9. The highest BCUT2D eigenvalue weighted by molar-refractivity contribution is 9.10. The van der Waals surface area contributed by atoms with E-state index in [4.69, 9.17) is 18.9 Å². The average Bonchev–Trinajstić information content (AvgIpc) is 2.73. The number of methoxy groups -OCH3 is 1. The van der Waals surface area contributed by atoms with Crippen molar-refractivity contribution in [1.82, 2.24) is 0 Å². The monoisotopic (exact) mass is 477 g/mol. The van der Waals surface area contributed by atoms with Crippen LogP contribution in [0.4, 0.5) is 5.69 Å². The average molecular weight is 478 g/mol. The van der Waals surface area contributed by atoms with Crippen LogP contribution in [0.15, 0.2) is 46.9 Å². The van der Waals surface area contributed by atoms with Crippen LogP contribution in [0, 0.1) is 0 Å². The number of anilines is 1. The molecular weight excluding hydrogens is 454 g/mol. The molecule has 0 saturated heterocycles. The number of carbonyl (C=O) groups excluding carboxylic acids is 2. The van der Waals surface area contributed by atoms with Crippen LogP contribution in [-0.4, -0.2) is 38.8 Å². The minimum absolute atomic E-state index is 0.421. The summed E-state index contributed by atoms with van der Waals surface area (Å²) >= 11 is 3.37. The first-order valence-electron chi connectivity index (χ1n) is 9.34. The second-order valence-corrected chi connectivity index (χ2v) is 6.82. The Hall–Kier alpha value is -3.00. The molecule has 0 aliphatic carbocycles. The number of hydrogen-bond donors (Lipinski definition) is 1. The van der Waals surface area contributed by atoms with E-state index >= 15 is 0 Å². The Morgan fingerprint density at radius 3 is 2.40 bits per heavy atom. The van der Waals surface area contributed by atoms with Gasteiger partial charge in [0.1, 0.15) is 5.75 Å². The summed E-state index contributed by atoms with van der Waals surface area (Å²) in [5.74, 6) is 0.620. The van der Waals surface area contributed by atoms with E-state index in [1.165, 1.54) is 6.08 Å². The van der Waals surface area contributed by atoms with Gasteiger partial charge >= 0.3 is 5.97 Å². The van der Waals surface area contributed by atoms with Crippen molar-refractivity contribution in [3.63, 3.8) is 0 Å². The lowest BCUT2D eigenvalue weighted by molar-refractivity contribution is -0.142. The van der Waals surface area contributed by atoms with Gasteiger partial charge in [-0.2, -0.15) is 0 Å². The molecule has 2 aromatic carbocycles. The van der Waals surface area contributed by atoms with Gasteiger partial charge in [-0.05, 0) is 50.3 Å². The molecule has 1 amide bonds. The van der Waals surface area contributed by atoms with Gasteiger partial charge in [-0.3, -0.25) is 4.79 Å². The summed E-state index contributed by atoms with van der Waals surface area (Å²) in [6.07, 6.45) is 2.80. The Bertz CT molecular complexity index is 912. The minimum atomic E-state index is -0.645. The first-order chi connectivity index (χ1) is 14.5. The van der Waals surface area contributed by atoms with Crippen LogP contribution >= 0.6 is 15.9 Å². The van der Waals surface area contributed by atoms with Crippen molar-refractivity contribution < 1.29 is 28.5 Å². The summed E-state index contributed by atoms with van der Waals surface area (Å²) in [6, 6.07) is 10.5. The smallest absolute Gasteiger partial charge is 0.331 e. The standard InChI is InChI=1S/C22H24BrNO6/c1-4-28-19-10-8-17(13-20(19)29-5-2)24-21(25)14-30-22(26)11-6-15-12-16(23)7-9-18(15)27-3/h6-13H,4-5,14H2,1-3H3,(H,24,25)/b11-6+. The normalized spacial score (nSPS) is 10.5. The fourth-order valence-electron chi connectivity index (χ4n) is 2.50. The SMILES string of the molecule is CCOc1ccc(NC(=O)COC(=O)/C=C/c2cc(Br)ccc2OC)cc1OCC. The van der Waals surface area contributed by atoms with Crippen LogP contribution < -0.4 is 19.5 Å². The number of amides is 1. The van der Waals surface area contributed by atoms with Crippen LogP contribution in [0.5, 0.6) is 17.2 Å². The topological polar surface area (TPSA) is 83.1 Å². The van der Waals surface area contributed by atoms with Crippen molar-refractivity contribution in [1.29, 1.82) is 0 Å². The molecule has 0 atom stereocenters. The number of ether oxygens (including phenoxy) is 4. The highest BCUT2D eigenvalue weighted by Gasteiger charge is 2.10. The summed E-state index contributed by atoms with van der Waals surface area (Å²) in [5, 5.41) is 2.66. The van der Waals surface area contributed by atoms with Gasteiger partial charge in [-0.1, -0.05) is 15.9 Å². The Labute approximate surface area is 184 Å². The number of esters is 1. The minimum Gasteiger partial charge on any atom is -0.496 e. The van der Waals surface area contributed by atoms with Gasteiger partial charge in [0.25, 0.3) is 5.91 Å². The lowest BCUT2D eigenvalue weighted by Crippen LogP contribution is -2.20. The van der Waals surface area contributed by atoms with Crippen molar-refractivity contribution in [2.75, 3.05) is 32.2 Å². The molecule has 0 fully saturated rings. The van der Waals surface area contributed by atoms with Gasteiger partial charge < -0.3 is 24.3 Å². The molecule has 160 valence electrons. The Morgan fingerprint density at radius 1 is 1.00 bits per heavy atom. The van der Waals surface area contributed by atoms with E-state index in [-0.39, 0.29) is 0 Å². The van der Waals surface area contributed by atoms with Gasteiger partial charge in [-0.25, -0.2) is 4.79 Å². The lowest BCUT2D eigenvalue weighted by Gasteiger charge is -2.13. The summed E-state index contributed by atoms with van der Waals surface area (Å²) in [4.78, 5) is 24.0. The molecule has 0 heterocycles. The molecule has 0 aliphatic rings. The molecule has 0 aromatic heterocycles. The first-order valence-corrected chi connectivity index (χ1v) is 10.1. The van der Waals surface area contributed by atoms with Gasteiger partial charge in [-0.15, -0.1) is 0 Å². The van der Waals surface area contributed by atoms with Crippen LogP contribution in [0.1, 0.15) is 19.4 Å². The predicted octanol–water partition coefficient (Wildman–Crippen LogP) is 4.45. The van der Waals surface area contributed by atoms with Crippen molar-refractivity contribution in [2.45, 2.75) is 13.8 Å². The maximum atomic E-state index is 12.1. The van der Waals surface area contributed by atoms with Crippen molar-refractivity contribution in [2.24, 2.45) is 0 Å². The van der Waals surface area contributed by atoms with Crippen molar-refractivity contribution >= 4 is 39.6 Å². The second-order valence-electron chi connectivity index (χ2n) is 5.90. The summed E-state index contributed by atoms with van der Waals surface area (Å²) in [5.41, 5.74) is 1.21. The van der Waals surface area contributed by atoms with Crippen LogP contribution in [0.25, 0.3) is 6.08 Å². The number of carbonyl (C=O) groups is 2. The number of nitrogens with one attached hydrogen (secondary N) is 1. The largest absolute Gasteiger partial charge is 0.496 e. The molecule has 0 saturated carbocycles. The van der Waals surface area contributed by atoms with Crippen LogP contribution in [-0.2, 0) is 14.3 Å². The zero-order chi connectivity index (χ0) is 21.9. The van der Waals surface area contributed by atoms with Crippen LogP contribution in [0.3, 0.4) is 0 Å². The highest BCUT2D eigenvalue weighted by Crippen LogP contribution is 2.30. The van der Waals surface area contributed by atoms with Crippen molar-refractivity contribution in [3.8, 4) is 17.2 Å². The van der Waals surface area contributed by atoms with E-state index in [1.54, 1.807) is 43.5 Å². The molecule has 30 heavy (non-hydrogen) atoms. The third-order valence-electron chi connectivity index (χ3n) is 3.76. The van der Waals surface area contributed by atoms with Gasteiger partial charge in [0.15, 0.2) is 18.1 Å². The van der Waals surface area contributed by atoms with E-state index in [9.17, 15) is 9.59 Å². The van der Waals surface area contributed by atoms with Gasteiger partial charge in [0, 0.05) is 27.9 Å². The third kappa shape index (κ3) is 7.11. The van der Waals surface area contributed by atoms with Crippen LogP contribution in [0.2, 0.25) is 0 Å². The Kier molecular flexibility index (Phi) is 9.21. The van der Waals surface area contributed by atoms with Gasteiger partial charge in [0.2, 0.25) is 0 Å². The van der Waals surface area contributed by atoms with Gasteiger partial charge in [0.05, 0.1) is 20.3 Å². The molecule has 0 spiro atoms. The molecule has 0 radical (unpaired) electrons. The molecule has 2 aromatic rings. The number of halogens is 1. The number of hydrogen-bond acceptors (Lipinski definition) is 6.